The van der Waals surface area contributed by atoms with E-state index < -0.39 is 60.6 Å². The van der Waals surface area contributed by atoms with Gasteiger partial charge in [-0.05, 0) is 0 Å². The van der Waals surface area contributed by atoms with Crippen LogP contribution >= 0.6 is 0 Å². The molecule has 1 heterocycles. The van der Waals surface area contributed by atoms with E-state index in [0.717, 1.165) is 0 Å². The van der Waals surface area contributed by atoms with Crippen molar-refractivity contribution in [3.05, 3.63) is 0 Å². The van der Waals surface area contributed by atoms with Crippen molar-refractivity contribution < 1.29 is 62.2 Å². The molecule has 1 fully saturated rings. The van der Waals surface area contributed by atoms with Crippen molar-refractivity contribution in [1.82, 2.24) is 4.90 Å². The van der Waals surface area contributed by atoms with Gasteiger partial charge in [0.05, 0.1) is 0 Å². The third kappa shape index (κ3) is 4.07. The maximum Gasteiger partial charge on any atom is 0.427 e. The first-order chi connectivity index (χ1) is 10.9. The Morgan fingerprint density at radius 1 is 0.760 bits per heavy atom. The molecule has 1 aliphatic rings. The summed E-state index contributed by atoms with van der Waals surface area (Å²) in [5.74, 6) is -6.43. The summed E-state index contributed by atoms with van der Waals surface area (Å²) in [6, 6.07) is -6.11. The Morgan fingerprint density at radius 3 is 1.40 bits per heavy atom. The molecule has 0 aliphatic carbocycles. The molecule has 0 radical (unpaired) electrons. The molecule has 2 atom stereocenters. The van der Waals surface area contributed by atoms with Crippen LogP contribution in [0.25, 0.3) is 0 Å². The first-order valence-electron chi connectivity index (χ1n) is 6.10. The van der Waals surface area contributed by atoms with Crippen LogP contribution in [0.15, 0.2) is 0 Å². The number of ether oxygens (including phenoxy) is 2. The van der Waals surface area contributed by atoms with Crippen molar-refractivity contribution in [3.63, 3.8) is 0 Å². The van der Waals surface area contributed by atoms with E-state index in [1.807, 2.05) is 0 Å². The quantitative estimate of drug-likeness (QED) is 0.529. The van der Waals surface area contributed by atoms with Gasteiger partial charge >= 0.3 is 30.4 Å². The summed E-state index contributed by atoms with van der Waals surface area (Å²) in [6.07, 6.45) is -24.2. The number of methoxy groups -OCH3 is 1. The fourth-order valence-electron chi connectivity index (χ4n) is 1.85. The molecular weight excluding hydrogens is 394 g/mol. The van der Waals surface area contributed by atoms with Crippen LogP contribution in [0.3, 0.4) is 0 Å². The second-order valence-corrected chi connectivity index (χ2v) is 4.94. The van der Waals surface area contributed by atoms with Crippen LogP contribution in [-0.2, 0) is 9.47 Å². The summed E-state index contributed by atoms with van der Waals surface area (Å²) in [5, 5.41) is 0. The summed E-state index contributed by atoms with van der Waals surface area (Å²) in [7, 11) is -0.0969. The van der Waals surface area contributed by atoms with Crippen molar-refractivity contribution >= 4 is 0 Å². The molecule has 0 saturated carbocycles. The van der Waals surface area contributed by atoms with Crippen LogP contribution in [0.1, 0.15) is 0 Å². The van der Waals surface area contributed by atoms with Gasteiger partial charge in [-0.15, -0.1) is 0 Å². The van der Waals surface area contributed by atoms with Crippen LogP contribution < -0.4 is 0 Å². The molecule has 0 N–H and O–H groups in total. The number of morpholine rings is 1. The van der Waals surface area contributed by atoms with Gasteiger partial charge in [-0.2, -0.15) is 52.7 Å². The third-order valence-electron chi connectivity index (χ3n) is 3.23. The maximum atomic E-state index is 13.7. The van der Waals surface area contributed by atoms with Crippen LogP contribution in [0, 0.1) is 0 Å². The number of halogens is 12. The topological polar surface area (TPSA) is 21.7 Å². The predicted molar refractivity (Wildman–Crippen MR) is 54.2 cm³/mol. The van der Waals surface area contributed by atoms with Crippen molar-refractivity contribution in [1.29, 1.82) is 0 Å². The van der Waals surface area contributed by atoms with E-state index >= 15 is 0 Å². The van der Waals surface area contributed by atoms with E-state index in [1.54, 1.807) is 0 Å². The third-order valence-corrected chi connectivity index (χ3v) is 3.23. The average Bonchev–Trinajstić information content (AvgIpc) is 2.44. The van der Waals surface area contributed by atoms with Gasteiger partial charge in [0.1, 0.15) is 0 Å². The summed E-state index contributed by atoms with van der Waals surface area (Å²) < 4.78 is 162. The molecule has 1 rings (SSSR count). The highest BCUT2D eigenvalue weighted by Gasteiger charge is 2.76. The Balaban J connectivity index is 3.27. The minimum Gasteiger partial charge on any atom is -0.353 e. The van der Waals surface area contributed by atoms with Gasteiger partial charge in [-0.25, -0.2) is 4.90 Å². The van der Waals surface area contributed by atoms with Crippen molar-refractivity contribution in [2.75, 3.05) is 20.2 Å². The first kappa shape index (κ1) is 22.1. The normalized spacial score (nSPS) is 25.3. The van der Waals surface area contributed by atoms with Crippen molar-refractivity contribution in [3.8, 4) is 0 Å². The van der Waals surface area contributed by atoms with Crippen molar-refractivity contribution in [2.24, 2.45) is 0 Å². The van der Waals surface area contributed by atoms with E-state index in [2.05, 4.69) is 9.47 Å². The minimum atomic E-state index is -6.43. The number of hydrogen-bond acceptors (Lipinski definition) is 3. The zero-order valence-corrected chi connectivity index (χ0v) is 11.9. The fourth-order valence-corrected chi connectivity index (χ4v) is 1.85. The number of rotatable bonds is 4. The van der Waals surface area contributed by atoms with Gasteiger partial charge in [0.25, 0.3) is 0 Å². The Labute approximate surface area is 131 Å². The van der Waals surface area contributed by atoms with Crippen LogP contribution in [0.4, 0.5) is 52.7 Å². The van der Waals surface area contributed by atoms with Gasteiger partial charge in [-0.3, -0.25) is 0 Å². The molecule has 0 aromatic rings. The summed E-state index contributed by atoms with van der Waals surface area (Å²) in [5.41, 5.74) is 0. The molecule has 0 aromatic carbocycles. The van der Waals surface area contributed by atoms with Crippen LogP contribution in [0.2, 0.25) is 0 Å². The van der Waals surface area contributed by atoms with E-state index in [0.29, 0.717) is 0 Å². The minimum absolute atomic E-state index is 0.0969. The Hall–Kier alpha value is -0.960. The SMILES string of the molecule is COC(F)(F)C(F)(F)C(F)(F)N1CC(C(F)(F)F)OC(C(F)(F)F)C1. The lowest BCUT2D eigenvalue weighted by Crippen LogP contribution is -2.68. The van der Waals surface area contributed by atoms with Gasteiger partial charge in [0, 0.05) is 20.2 Å². The Kier molecular flexibility index (Phi) is 5.59. The summed E-state index contributed by atoms with van der Waals surface area (Å²) in [6.45, 7) is -4.45. The van der Waals surface area contributed by atoms with E-state index in [-0.39, 0.29) is 7.11 Å². The smallest absolute Gasteiger partial charge is 0.353 e. The van der Waals surface area contributed by atoms with Gasteiger partial charge in [0.15, 0.2) is 12.2 Å². The first-order valence-corrected chi connectivity index (χ1v) is 6.10. The van der Waals surface area contributed by atoms with E-state index in [9.17, 15) is 52.7 Å². The molecule has 1 saturated heterocycles. The molecule has 1 aliphatic heterocycles. The Bertz CT molecular complexity index is 451. The lowest BCUT2D eigenvalue weighted by Gasteiger charge is -2.44. The standard InChI is InChI=1S/C10H9F12NO2/c1-24-10(21,22)8(17,18)9(19,20)23-2-4(6(11,12)13)25-5(3-23)7(14,15)16/h4-5H,2-3H2,1H3. The second-order valence-electron chi connectivity index (χ2n) is 4.94. The molecule has 25 heavy (non-hydrogen) atoms. The lowest BCUT2D eigenvalue weighted by molar-refractivity contribution is -0.429. The molecule has 0 amide bonds. The summed E-state index contributed by atoms with van der Waals surface area (Å²) >= 11 is 0. The number of nitrogens with zero attached hydrogens (tertiary/aromatic N) is 1. The molecule has 150 valence electrons. The molecule has 0 spiro atoms. The zero-order chi connectivity index (χ0) is 20.1. The predicted octanol–water partition coefficient (Wildman–Crippen LogP) is 3.65. The van der Waals surface area contributed by atoms with Crippen LogP contribution in [-0.4, -0.2) is 67.7 Å². The Morgan fingerprint density at radius 2 is 1.12 bits per heavy atom. The molecule has 0 aromatic heterocycles. The largest absolute Gasteiger partial charge is 0.427 e. The zero-order valence-electron chi connectivity index (χ0n) is 11.9. The number of alkyl halides is 12. The van der Waals surface area contributed by atoms with Crippen LogP contribution in [0.5, 0.6) is 0 Å². The average molecular weight is 403 g/mol. The van der Waals surface area contributed by atoms with Crippen molar-refractivity contribution in [2.45, 2.75) is 42.6 Å². The molecular formula is C10H9F12NO2. The number of hydrogen-bond donors (Lipinski definition) is 0. The monoisotopic (exact) mass is 403 g/mol. The molecule has 15 heteroatoms. The molecule has 0 bridgehead atoms. The molecule has 3 nitrogen and oxygen atoms in total. The lowest BCUT2D eigenvalue weighted by atomic mass is 10.1. The van der Waals surface area contributed by atoms with Gasteiger partial charge < -0.3 is 9.47 Å². The maximum absolute atomic E-state index is 13.7. The highest BCUT2D eigenvalue weighted by molar-refractivity contribution is 4.96. The van der Waals surface area contributed by atoms with Gasteiger partial charge in [-0.1, -0.05) is 0 Å². The summed E-state index contributed by atoms with van der Waals surface area (Å²) in [4.78, 5) is -1.35. The fraction of sp³-hybridized carbons (Fsp3) is 1.00. The molecule has 2 unspecified atom stereocenters. The highest BCUT2D eigenvalue weighted by atomic mass is 19.4. The van der Waals surface area contributed by atoms with E-state index in [4.69, 9.17) is 0 Å². The van der Waals surface area contributed by atoms with Gasteiger partial charge in [0.2, 0.25) is 0 Å². The highest BCUT2D eigenvalue weighted by Crippen LogP contribution is 2.49. The second kappa shape index (κ2) is 6.33. The van der Waals surface area contributed by atoms with E-state index in [1.165, 1.54) is 0 Å².